The molecular weight excluding hydrogens is 339 g/mol. The maximum Gasteiger partial charge on any atom is 0.338 e. The van der Waals surface area contributed by atoms with E-state index in [-0.39, 0.29) is 28.7 Å². The summed E-state index contributed by atoms with van der Waals surface area (Å²) in [6, 6.07) is 3.59. The molecule has 1 aromatic carbocycles. The Kier molecular flexibility index (Phi) is 6.93. The minimum atomic E-state index is -3.96. The van der Waals surface area contributed by atoms with Crippen molar-refractivity contribution in [2.75, 3.05) is 19.8 Å². The molecule has 1 rings (SSSR count). The average Bonchev–Trinajstić information content (AvgIpc) is 2.36. The molecule has 0 unspecified atom stereocenters. The molecule has 0 N–H and O–H groups in total. The van der Waals surface area contributed by atoms with E-state index in [9.17, 15) is 13.2 Å². The summed E-state index contributed by atoms with van der Waals surface area (Å²) in [4.78, 5) is 11.5. The second-order valence-corrected chi connectivity index (χ2v) is 7.72. The molecule has 0 radical (unpaired) electrons. The van der Waals surface area contributed by atoms with Crippen molar-refractivity contribution in [1.29, 1.82) is 0 Å². The number of benzene rings is 1. The van der Waals surface area contributed by atoms with E-state index in [0.717, 1.165) is 12.1 Å². The minimum Gasteiger partial charge on any atom is -0.460 e. The monoisotopic (exact) mass is 354 g/mol. The Hall–Kier alpha value is -0.820. The van der Waals surface area contributed by atoms with Gasteiger partial charge in [0.15, 0.2) is 0 Å². The standard InChI is InChI=1S/C13H16Cl2O5S/c1-9(2)8-19-3-4-20-13(16)10-5-11(14)7-12(6-10)21(15,17)18/h5-7,9H,3-4,8H2,1-2H3. The number of rotatable bonds is 7. The third-order valence-electron chi connectivity index (χ3n) is 2.30. The van der Waals surface area contributed by atoms with Crippen molar-refractivity contribution in [3.63, 3.8) is 0 Å². The zero-order chi connectivity index (χ0) is 16.0. The Labute approximate surface area is 133 Å². The van der Waals surface area contributed by atoms with E-state index < -0.39 is 15.0 Å². The van der Waals surface area contributed by atoms with Crippen molar-refractivity contribution < 1.29 is 22.7 Å². The Morgan fingerprint density at radius 3 is 2.48 bits per heavy atom. The van der Waals surface area contributed by atoms with Crippen LogP contribution >= 0.6 is 22.3 Å². The van der Waals surface area contributed by atoms with Gasteiger partial charge in [0.1, 0.15) is 6.61 Å². The molecule has 8 heteroatoms. The molecule has 0 bridgehead atoms. The summed E-state index contributed by atoms with van der Waals surface area (Å²) < 4.78 is 32.8. The number of carbonyl (C=O) groups is 1. The number of halogens is 2. The van der Waals surface area contributed by atoms with Crippen LogP contribution in [0.4, 0.5) is 0 Å². The summed E-state index contributed by atoms with van der Waals surface area (Å²) in [5, 5.41) is 0.0831. The second-order valence-electron chi connectivity index (χ2n) is 4.72. The fourth-order valence-corrected chi connectivity index (χ4v) is 2.52. The number of carbonyl (C=O) groups excluding carboxylic acids is 1. The highest BCUT2D eigenvalue weighted by atomic mass is 35.7. The molecule has 0 heterocycles. The van der Waals surface area contributed by atoms with Gasteiger partial charge in [-0.15, -0.1) is 0 Å². The van der Waals surface area contributed by atoms with Crippen molar-refractivity contribution >= 4 is 37.3 Å². The maximum absolute atomic E-state index is 11.8. The fourth-order valence-electron chi connectivity index (χ4n) is 1.42. The van der Waals surface area contributed by atoms with Gasteiger partial charge in [0, 0.05) is 22.3 Å². The van der Waals surface area contributed by atoms with Gasteiger partial charge >= 0.3 is 5.97 Å². The summed E-state index contributed by atoms with van der Waals surface area (Å²) in [6.07, 6.45) is 0. The molecule has 21 heavy (non-hydrogen) atoms. The zero-order valence-corrected chi connectivity index (χ0v) is 14.0. The molecule has 0 aliphatic rings. The molecule has 0 spiro atoms. The summed E-state index contributed by atoms with van der Waals surface area (Å²) in [5.74, 6) is -0.294. The molecule has 0 aromatic heterocycles. The zero-order valence-electron chi connectivity index (χ0n) is 11.6. The molecule has 1 aromatic rings. The lowest BCUT2D eigenvalue weighted by molar-refractivity contribution is 0.0277. The van der Waals surface area contributed by atoms with E-state index in [1.807, 2.05) is 13.8 Å². The molecule has 0 aliphatic heterocycles. The molecule has 0 atom stereocenters. The highest BCUT2D eigenvalue weighted by Crippen LogP contribution is 2.22. The number of esters is 1. The van der Waals surface area contributed by atoms with Crippen molar-refractivity contribution in [2.45, 2.75) is 18.7 Å². The lowest BCUT2D eigenvalue weighted by Gasteiger charge is -2.08. The number of hydrogen-bond donors (Lipinski definition) is 0. The van der Waals surface area contributed by atoms with Crippen LogP contribution in [-0.2, 0) is 18.5 Å². The van der Waals surface area contributed by atoms with Crippen LogP contribution in [0.25, 0.3) is 0 Å². The number of ether oxygens (including phenoxy) is 2. The summed E-state index contributed by atoms with van der Waals surface area (Å²) >= 11 is 5.76. The van der Waals surface area contributed by atoms with E-state index in [4.69, 9.17) is 31.8 Å². The Morgan fingerprint density at radius 1 is 1.24 bits per heavy atom. The van der Waals surface area contributed by atoms with E-state index >= 15 is 0 Å². The van der Waals surface area contributed by atoms with Gasteiger partial charge in [0.05, 0.1) is 17.1 Å². The van der Waals surface area contributed by atoms with Gasteiger partial charge in [0.2, 0.25) is 0 Å². The van der Waals surface area contributed by atoms with Crippen LogP contribution in [0.5, 0.6) is 0 Å². The second kappa shape index (κ2) is 7.98. The number of hydrogen-bond acceptors (Lipinski definition) is 5. The largest absolute Gasteiger partial charge is 0.460 e. The van der Waals surface area contributed by atoms with Gasteiger partial charge in [-0.2, -0.15) is 0 Å². The summed E-state index contributed by atoms with van der Waals surface area (Å²) in [7, 11) is 1.26. The highest BCUT2D eigenvalue weighted by Gasteiger charge is 2.16. The van der Waals surface area contributed by atoms with E-state index in [1.165, 1.54) is 6.07 Å². The van der Waals surface area contributed by atoms with Crippen molar-refractivity contribution in [2.24, 2.45) is 5.92 Å². The van der Waals surface area contributed by atoms with Gasteiger partial charge in [-0.05, 0) is 24.1 Å². The van der Waals surface area contributed by atoms with Crippen LogP contribution in [0, 0.1) is 5.92 Å². The smallest absolute Gasteiger partial charge is 0.338 e. The summed E-state index contributed by atoms with van der Waals surface area (Å²) in [5.41, 5.74) is 0.0191. The molecular formula is C13H16Cl2O5S. The van der Waals surface area contributed by atoms with Gasteiger partial charge in [0.25, 0.3) is 9.05 Å². The van der Waals surface area contributed by atoms with Crippen LogP contribution in [0.3, 0.4) is 0 Å². The molecule has 0 fully saturated rings. The van der Waals surface area contributed by atoms with E-state index in [2.05, 4.69) is 0 Å². The Balaban J connectivity index is 2.64. The Morgan fingerprint density at radius 2 is 1.90 bits per heavy atom. The first kappa shape index (κ1) is 18.2. The van der Waals surface area contributed by atoms with Gasteiger partial charge in [-0.1, -0.05) is 25.4 Å². The van der Waals surface area contributed by atoms with Crippen LogP contribution in [-0.4, -0.2) is 34.2 Å². The molecule has 0 aliphatic carbocycles. The van der Waals surface area contributed by atoms with Gasteiger partial charge in [-0.25, -0.2) is 13.2 Å². The predicted octanol–water partition coefficient (Wildman–Crippen LogP) is 3.10. The lowest BCUT2D eigenvalue weighted by Crippen LogP contribution is -2.13. The van der Waals surface area contributed by atoms with Crippen molar-refractivity contribution in [3.05, 3.63) is 28.8 Å². The minimum absolute atomic E-state index is 0.0191. The maximum atomic E-state index is 11.8. The molecule has 0 amide bonds. The quantitative estimate of drug-likeness (QED) is 0.427. The van der Waals surface area contributed by atoms with Crippen LogP contribution in [0.1, 0.15) is 24.2 Å². The van der Waals surface area contributed by atoms with E-state index in [1.54, 1.807) is 0 Å². The van der Waals surface area contributed by atoms with Crippen LogP contribution in [0.2, 0.25) is 5.02 Å². The SMILES string of the molecule is CC(C)COCCOC(=O)c1cc(Cl)cc(S(=O)(=O)Cl)c1. The molecule has 5 nitrogen and oxygen atoms in total. The molecule has 0 saturated carbocycles. The highest BCUT2D eigenvalue weighted by molar-refractivity contribution is 8.13. The first-order valence-corrected chi connectivity index (χ1v) is 8.89. The lowest BCUT2D eigenvalue weighted by atomic mass is 10.2. The van der Waals surface area contributed by atoms with Crippen molar-refractivity contribution in [3.8, 4) is 0 Å². The van der Waals surface area contributed by atoms with Gasteiger partial charge < -0.3 is 9.47 Å². The van der Waals surface area contributed by atoms with Crippen LogP contribution < -0.4 is 0 Å². The summed E-state index contributed by atoms with van der Waals surface area (Å²) in [6.45, 7) is 4.92. The first-order valence-electron chi connectivity index (χ1n) is 6.20. The molecule has 118 valence electrons. The van der Waals surface area contributed by atoms with Crippen molar-refractivity contribution in [1.82, 2.24) is 0 Å². The predicted molar refractivity (Wildman–Crippen MR) is 80.4 cm³/mol. The molecule has 0 saturated heterocycles. The van der Waals surface area contributed by atoms with Gasteiger partial charge in [-0.3, -0.25) is 0 Å². The fraction of sp³-hybridized carbons (Fsp3) is 0.462. The third kappa shape index (κ3) is 6.65. The Bertz CT molecular complexity index is 599. The topological polar surface area (TPSA) is 69.7 Å². The normalized spacial score (nSPS) is 11.7. The van der Waals surface area contributed by atoms with E-state index in [0.29, 0.717) is 12.5 Å². The average molecular weight is 355 g/mol. The third-order valence-corrected chi connectivity index (χ3v) is 3.85. The van der Waals surface area contributed by atoms with Crippen LogP contribution in [0.15, 0.2) is 23.1 Å². The first-order chi connectivity index (χ1) is 9.70.